The third-order valence-electron chi connectivity index (χ3n) is 2.92. The minimum atomic E-state index is -0.451. The summed E-state index contributed by atoms with van der Waals surface area (Å²) in [7, 11) is 1.64. The average Bonchev–Trinajstić information content (AvgIpc) is 2.20. The molecule has 0 aliphatic heterocycles. The molecule has 0 aromatic heterocycles. The summed E-state index contributed by atoms with van der Waals surface area (Å²) >= 11 is 0. The van der Waals surface area contributed by atoms with Gasteiger partial charge in [-0.3, -0.25) is 0 Å². The Bertz CT molecular complexity index is 155. The number of methoxy groups -OCH3 is 1. The summed E-state index contributed by atoms with van der Waals surface area (Å²) in [4.78, 5) is 10.5. The molecule has 1 aliphatic carbocycles. The lowest BCUT2D eigenvalue weighted by Crippen LogP contribution is -2.43. The summed E-state index contributed by atoms with van der Waals surface area (Å²) in [5.74, 6) is 0.485. The monoisotopic (exact) mass is 185 g/mol. The fourth-order valence-electron chi connectivity index (χ4n) is 2.20. The molecule has 3 heteroatoms. The molecular formula is C10H19NO2. The van der Waals surface area contributed by atoms with Crippen molar-refractivity contribution in [3.63, 3.8) is 0 Å². The minimum absolute atomic E-state index is 0.0715. The Morgan fingerprint density at radius 2 is 2.00 bits per heavy atom. The van der Waals surface area contributed by atoms with Gasteiger partial charge in [0, 0.05) is 7.11 Å². The topological polar surface area (TPSA) is 52.3 Å². The third-order valence-corrected chi connectivity index (χ3v) is 2.92. The van der Waals surface area contributed by atoms with Gasteiger partial charge in [-0.1, -0.05) is 19.3 Å². The van der Waals surface area contributed by atoms with Crippen molar-refractivity contribution in [3.8, 4) is 0 Å². The molecule has 1 rings (SSSR count). The molecule has 76 valence electrons. The summed E-state index contributed by atoms with van der Waals surface area (Å²) < 4.78 is 5.29. The van der Waals surface area contributed by atoms with E-state index in [1.165, 1.54) is 19.3 Å². The van der Waals surface area contributed by atoms with Crippen LogP contribution in [0.5, 0.6) is 0 Å². The van der Waals surface area contributed by atoms with Crippen molar-refractivity contribution >= 4 is 6.29 Å². The zero-order chi connectivity index (χ0) is 9.68. The standard InChI is InChI=1S/C10H19NO2/c1-13-10(9(11)7-12)8-5-3-2-4-6-8/h7-10H,2-6,11H2,1H3. The van der Waals surface area contributed by atoms with Gasteiger partial charge in [0.1, 0.15) is 6.29 Å². The van der Waals surface area contributed by atoms with Crippen molar-refractivity contribution in [2.75, 3.05) is 7.11 Å². The van der Waals surface area contributed by atoms with Crippen molar-refractivity contribution in [2.45, 2.75) is 44.2 Å². The van der Waals surface area contributed by atoms with Gasteiger partial charge in [-0.2, -0.15) is 0 Å². The first-order valence-electron chi connectivity index (χ1n) is 5.03. The summed E-state index contributed by atoms with van der Waals surface area (Å²) in [5.41, 5.74) is 5.67. The molecule has 0 aromatic carbocycles. The van der Waals surface area contributed by atoms with E-state index < -0.39 is 6.04 Å². The molecule has 13 heavy (non-hydrogen) atoms. The highest BCUT2D eigenvalue weighted by molar-refractivity contribution is 5.58. The van der Waals surface area contributed by atoms with E-state index in [9.17, 15) is 4.79 Å². The summed E-state index contributed by atoms with van der Waals surface area (Å²) in [6.45, 7) is 0. The van der Waals surface area contributed by atoms with Crippen LogP contribution >= 0.6 is 0 Å². The van der Waals surface area contributed by atoms with Crippen molar-refractivity contribution in [1.82, 2.24) is 0 Å². The molecule has 0 radical (unpaired) electrons. The third kappa shape index (κ3) is 2.78. The number of carbonyl (C=O) groups excluding carboxylic acids is 1. The highest BCUT2D eigenvalue weighted by Crippen LogP contribution is 2.28. The number of carbonyl (C=O) groups is 1. The van der Waals surface area contributed by atoms with Gasteiger partial charge in [0.2, 0.25) is 0 Å². The Balaban J connectivity index is 2.48. The number of aldehydes is 1. The number of hydrogen-bond acceptors (Lipinski definition) is 3. The van der Waals surface area contributed by atoms with Crippen LogP contribution in [0.25, 0.3) is 0 Å². The van der Waals surface area contributed by atoms with Gasteiger partial charge >= 0.3 is 0 Å². The van der Waals surface area contributed by atoms with Crippen LogP contribution in [0.3, 0.4) is 0 Å². The fraction of sp³-hybridized carbons (Fsp3) is 0.900. The van der Waals surface area contributed by atoms with Crippen LogP contribution < -0.4 is 5.73 Å². The van der Waals surface area contributed by atoms with Gasteiger partial charge in [-0.15, -0.1) is 0 Å². The molecule has 0 saturated heterocycles. The van der Waals surface area contributed by atoms with Crippen LogP contribution in [-0.2, 0) is 9.53 Å². The molecular weight excluding hydrogens is 166 g/mol. The first-order valence-corrected chi connectivity index (χ1v) is 5.03. The molecule has 1 fully saturated rings. The minimum Gasteiger partial charge on any atom is -0.379 e. The van der Waals surface area contributed by atoms with E-state index in [4.69, 9.17) is 10.5 Å². The number of nitrogens with two attached hydrogens (primary N) is 1. The van der Waals surface area contributed by atoms with Gasteiger partial charge in [0.15, 0.2) is 0 Å². The smallest absolute Gasteiger partial charge is 0.139 e. The van der Waals surface area contributed by atoms with Gasteiger partial charge in [-0.25, -0.2) is 0 Å². The van der Waals surface area contributed by atoms with Crippen LogP contribution in [0, 0.1) is 5.92 Å². The summed E-state index contributed by atoms with van der Waals surface area (Å²) in [5, 5.41) is 0. The Hall–Kier alpha value is -0.410. The van der Waals surface area contributed by atoms with Crippen LogP contribution in [0.15, 0.2) is 0 Å². The maximum atomic E-state index is 10.5. The SMILES string of the molecule is COC(C(N)C=O)C1CCCCC1. The van der Waals surface area contributed by atoms with Crippen molar-refractivity contribution in [2.24, 2.45) is 11.7 Å². The highest BCUT2D eigenvalue weighted by atomic mass is 16.5. The molecule has 0 aromatic rings. The Labute approximate surface area is 79.6 Å². The zero-order valence-corrected chi connectivity index (χ0v) is 8.24. The predicted octanol–water partition coefficient (Wildman–Crippen LogP) is 1.11. The molecule has 1 aliphatic rings. The lowest BCUT2D eigenvalue weighted by atomic mass is 9.83. The van der Waals surface area contributed by atoms with Crippen LogP contribution in [0.2, 0.25) is 0 Å². The summed E-state index contributed by atoms with van der Waals surface area (Å²) in [6, 6.07) is -0.451. The van der Waals surface area contributed by atoms with E-state index in [1.807, 2.05) is 0 Å². The van der Waals surface area contributed by atoms with Crippen molar-refractivity contribution < 1.29 is 9.53 Å². The quantitative estimate of drug-likeness (QED) is 0.667. The maximum Gasteiger partial charge on any atom is 0.139 e. The molecule has 3 nitrogen and oxygen atoms in total. The van der Waals surface area contributed by atoms with Crippen LogP contribution in [0.1, 0.15) is 32.1 Å². The van der Waals surface area contributed by atoms with Gasteiger partial charge in [-0.05, 0) is 18.8 Å². The van der Waals surface area contributed by atoms with Gasteiger partial charge in [0.25, 0.3) is 0 Å². The Kier molecular flexibility index (Phi) is 4.39. The fourth-order valence-corrected chi connectivity index (χ4v) is 2.20. The van der Waals surface area contributed by atoms with E-state index in [0.29, 0.717) is 5.92 Å². The van der Waals surface area contributed by atoms with Crippen molar-refractivity contribution in [3.05, 3.63) is 0 Å². The maximum absolute atomic E-state index is 10.5. The van der Waals surface area contributed by atoms with Crippen LogP contribution in [-0.4, -0.2) is 25.5 Å². The van der Waals surface area contributed by atoms with E-state index in [-0.39, 0.29) is 6.10 Å². The highest BCUT2D eigenvalue weighted by Gasteiger charge is 2.27. The first kappa shape index (κ1) is 10.7. The second kappa shape index (κ2) is 5.35. The lowest BCUT2D eigenvalue weighted by Gasteiger charge is -2.30. The van der Waals surface area contributed by atoms with Crippen molar-refractivity contribution in [1.29, 1.82) is 0 Å². The molecule has 2 unspecified atom stereocenters. The molecule has 0 bridgehead atoms. The van der Waals surface area contributed by atoms with E-state index in [0.717, 1.165) is 19.1 Å². The second-order valence-electron chi connectivity index (χ2n) is 3.81. The number of ether oxygens (including phenoxy) is 1. The van der Waals surface area contributed by atoms with E-state index >= 15 is 0 Å². The molecule has 1 saturated carbocycles. The number of rotatable bonds is 4. The normalized spacial score (nSPS) is 23.8. The molecule has 2 N–H and O–H groups in total. The van der Waals surface area contributed by atoms with Gasteiger partial charge in [0.05, 0.1) is 12.1 Å². The van der Waals surface area contributed by atoms with E-state index in [2.05, 4.69) is 0 Å². The first-order chi connectivity index (χ1) is 6.29. The average molecular weight is 185 g/mol. The molecule has 0 spiro atoms. The zero-order valence-electron chi connectivity index (χ0n) is 8.24. The second-order valence-corrected chi connectivity index (χ2v) is 3.81. The lowest BCUT2D eigenvalue weighted by molar-refractivity contribution is -0.113. The molecule has 2 atom stereocenters. The Morgan fingerprint density at radius 3 is 2.46 bits per heavy atom. The predicted molar refractivity (Wildman–Crippen MR) is 51.4 cm³/mol. The molecule has 0 heterocycles. The Morgan fingerprint density at radius 1 is 1.38 bits per heavy atom. The molecule has 0 amide bonds. The summed E-state index contributed by atoms with van der Waals surface area (Å²) in [6.07, 6.45) is 6.83. The van der Waals surface area contributed by atoms with E-state index in [1.54, 1.807) is 7.11 Å². The van der Waals surface area contributed by atoms with Crippen LogP contribution in [0.4, 0.5) is 0 Å². The largest absolute Gasteiger partial charge is 0.379 e. The number of hydrogen-bond donors (Lipinski definition) is 1. The van der Waals surface area contributed by atoms with Gasteiger partial charge < -0.3 is 15.3 Å².